The molecular formula is C13H28N2. The summed E-state index contributed by atoms with van der Waals surface area (Å²) in [7, 11) is 0. The molecule has 1 heterocycles. The monoisotopic (exact) mass is 212 g/mol. The van der Waals surface area contributed by atoms with Crippen LogP contribution in [0.3, 0.4) is 0 Å². The smallest absolute Gasteiger partial charge is 0.00817 e. The van der Waals surface area contributed by atoms with Gasteiger partial charge in [-0.3, -0.25) is 0 Å². The van der Waals surface area contributed by atoms with Crippen molar-refractivity contribution in [3.8, 4) is 0 Å². The number of hydrogen-bond acceptors (Lipinski definition) is 2. The van der Waals surface area contributed by atoms with E-state index in [1.165, 1.54) is 32.4 Å². The predicted octanol–water partition coefficient (Wildman–Crippen LogP) is 2.49. The third-order valence-electron chi connectivity index (χ3n) is 3.56. The lowest BCUT2D eigenvalue weighted by molar-refractivity contribution is 0.127. The molecule has 2 heteroatoms. The predicted molar refractivity (Wildman–Crippen MR) is 67.2 cm³/mol. The van der Waals surface area contributed by atoms with Gasteiger partial charge in [0.1, 0.15) is 0 Å². The van der Waals surface area contributed by atoms with E-state index in [4.69, 9.17) is 0 Å². The van der Waals surface area contributed by atoms with Crippen LogP contribution in [0.5, 0.6) is 0 Å². The van der Waals surface area contributed by atoms with Gasteiger partial charge in [-0.05, 0) is 52.1 Å². The molecule has 1 fully saturated rings. The maximum absolute atomic E-state index is 3.50. The second-order valence-electron chi connectivity index (χ2n) is 5.29. The number of rotatable bonds is 5. The molecule has 0 aromatic carbocycles. The highest BCUT2D eigenvalue weighted by molar-refractivity contribution is 4.77. The number of nitrogens with zero attached hydrogens (tertiary/aromatic N) is 1. The highest BCUT2D eigenvalue weighted by Crippen LogP contribution is 2.19. The van der Waals surface area contributed by atoms with Crippen molar-refractivity contribution in [1.82, 2.24) is 10.2 Å². The van der Waals surface area contributed by atoms with E-state index in [2.05, 4.69) is 37.9 Å². The molecule has 0 amide bonds. The maximum Gasteiger partial charge on any atom is 0.00817 e. The van der Waals surface area contributed by atoms with E-state index in [0.29, 0.717) is 6.04 Å². The Balaban J connectivity index is 2.28. The Labute approximate surface area is 95.4 Å². The van der Waals surface area contributed by atoms with E-state index in [0.717, 1.165) is 18.5 Å². The molecule has 0 aromatic heterocycles. The van der Waals surface area contributed by atoms with Gasteiger partial charge in [-0.15, -0.1) is 0 Å². The third kappa shape index (κ3) is 4.52. The number of likely N-dealkylation sites (tertiary alicyclic amines) is 1. The molecule has 1 rings (SSSR count). The van der Waals surface area contributed by atoms with E-state index in [1.807, 2.05) is 0 Å². The molecular weight excluding hydrogens is 184 g/mol. The molecule has 0 aromatic rings. The standard InChI is InChI=1S/C13H28N2/c1-5-14-12(3)9-13(4)15-8-6-7-11(2)10-15/h11-14H,5-10H2,1-4H3. The van der Waals surface area contributed by atoms with Gasteiger partial charge in [0.15, 0.2) is 0 Å². The first-order valence-electron chi connectivity index (χ1n) is 6.61. The van der Waals surface area contributed by atoms with Crippen LogP contribution in [0.15, 0.2) is 0 Å². The minimum Gasteiger partial charge on any atom is -0.314 e. The molecule has 2 nitrogen and oxygen atoms in total. The SMILES string of the molecule is CCNC(C)CC(C)N1CCCC(C)C1. The van der Waals surface area contributed by atoms with E-state index < -0.39 is 0 Å². The average molecular weight is 212 g/mol. The highest BCUT2D eigenvalue weighted by Gasteiger charge is 2.21. The topological polar surface area (TPSA) is 15.3 Å². The van der Waals surface area contributed by atoms with Crippen molar-refractivity contribution in [1.29, 1.82) is 0 Å². The van der Waals surface area contributed by atoms with Gasteiger partial charge in [0.2, 0.25) is 0 Å². The van der Waals surface area contributed by atoms with E-state index >= 15 is 0 Å². The van der Waals surface area contributed by atoms with Crippen LogP contribution in [0.2, 0.25) is 0 Å². The lowest BCUT2D eigenvalue weighted by atomic mass is 9.97. The molecule has 0 spiro atoms. The molecule has 3 unspecified atom stereocenters. The summed E-state index contributed by atoms with van der Waals surface area (Å²) >= 11 is 0. The molecule has 1 N–H and O–H groups in total. The van der Waals surface area contributed by atoms with Crippen molar-refractivity contribution in [2.75, 3.05) is 19.6 Å². The number of nitrogens with one attached hydrogen (secondary N) is 1. The van der Waals surface area contributed by atoms with Gasteiger partial charge >= 0.3 is 0 Å². The van der Waals surface area contributed by atoms with Gasteiger partial charge in [-0.2, -0.15) is 0 Å². The van der Waals surface area contributed by atoms with Crippen molar-refractivity contribution < 1.29 is 0 Å². The van der Waals surface area contributed by atoms with Gasteiger partial charge in [0, 0.05) is 18.6 Å². The first kappa shape index (κ1) is 13.0. The molecule has 0 radical (unpaired) electrons. The summed E-state index contributed by atoms with van der Waals surface area (Å²) < 4.78 is 0. The van der Waals surface area contributed by atoms with E-state index in [-0.39, 0.29) is 0 Å². The molecule has 0 bridgehead atoms. The van der Waals surface area contributed by atoms with Gasteiger partial charge < -0.3 is 10.2 Å². The Bertz CT molecular complexity index is 170. The Morgan fingerprint density at radius 1 is 1.40 bits per heavy atom. The summed E-state index contributed by atoms with van der Waals surface area (Å²) in [4.78, 5) is 2.67. The Hall–Kier alpha value is -0.0800. The van der Waals surface area contributed by atoms with Crippen LogP contribution in [0, 0.1) is 5.92 Å². The van der Waals surface area contributed by atoms with Crippen molar-refractivity contribution >= 4 is 0 Å². The largest absolute Gasteiger partial charge is 0.314 e. The second-order valence-corrected chi connectivity index (χ2v) is 5.29. The Morgan fingerprint density at radius 3 is 2.73 bits per heavy atom. The van der Waals surface area contributed by atoms with Gasteiger partial charge in [-0.1, -0.05) is 13.8 Å². The van der Waals surface area contributed by atoms with Crippen molar-refractivity contribution in [2.24, 2.45) is 5.92 Å². The van der Waals surface area contributed by atoms with Crippen molar-refractivity contribution in [3.05, 3.63) is 0 Å². The molecule has 0 aliphatic carbocycles. The zero-order valence-corrected chi connectivity index (χ0v) is 10.9. The van der Waals surface area contributed by atoms with Crippen LogP contribution in [0.25, 0.3) is 0 Å². The minimum absolute atomic E-state index is 0.655. The fourth-order valence-corrected chi connectivity index (χ4v) is 2.72. The van der Waals surface area contributed by atoms with E-state index in [9.17, 15) is 0 Å². The molecule has 1 saturated heterocycles. The molecule has 1 aliphatic heterocycles. The van der Waals surface area contributed by atoms with Crippen molar-refractivity contribution in [2.45, 2.75) is 59.0 Å². The minimum atomic E-state index is 0.655. The highest BCUT2D eigenvalue weighted by atomic mass is 15.2. The molecule has 15 heavy (non-hydrogen) atoms. The third-order valence-corrected chi connectivity index (χ3v) is 3.56. The van der Waals surface area contributed by atoms with Gasteiger partial charge in [0.25, 0.3) is 0 Å². The summed E-state index contributed by atoms with van der Waals surface area (Å²) in [5.74, 6) is 0.899. The quantitative estimate of drug-likeness (QED) is 0.753. The van der Waals surface area contributed by atoms with Crippen LogP contribution >= 0.6 is 0 Å². The fourth-order valence-electron chi connectivity index (χ4n) is 2.72. The normalized spacial score (nSPS) is 27.6. The summed E-state index contributed by atoms with van der Waals surface area (Å²) in [5.41, 5.74) is 0. The second kappa shape index (κ2) is 6.49. The Kier molecular flexibility index (Phi) is 5.62. The molecule has 90 valence electrons. The fraction of sp³-hybridized carbons (Fsp3) is 1.00. The summed E-state index contributed by atoms with van der Waals surface area (Å²) in [6.45, 7) is 12.9. The summed E-state index contributed by atoms with van der Waals surface area (Å²) in [6.07, 6.45) is 4.09. The summed E-state index contributed by atoms with van der Waals surface area (Å²) in [5, 5.41) is 3.50. The average Bonchev–Trinajstić information content (AvgIpc) is 2.18. The molecule has 1 aliphatic rings. The summed E-state index contributed by atoms with van der Waals surface area (Å²) in [6, 6.07) is 1.39. The van der Waals surface area contributed by atoms with Crippen LogP contribution in [0.1, 0.15) is 47.0 Å². The van der Waals surface area contributed by atoms with Crippen molar-refractivity contribution in [3.63, 3.8) is 0 Å². The molecule has 3 atom stereocenters. The molecule has 0 saturated carbocycles. The zero-order chi connectivity index (χ0) is 11.3. The van der Waals surface area contributed by atoms with Gasteiger partial charge in [-0.25, -0.2) is 0 Å². The first-order valence-corrected chi connectivity index (χ1v) is 6.61. The lowest BCUT2D eigenvalue weighted by Gasteiger charge is -2.36. The van der Waals surface area contributed by atoms with Gasteiger partial charge in [0.05, 0.1) is 0 Å². The Morgan fingerprint density at radius 2 is 2.13 bits per heavy atom. The first-order chi connectivity index (χ1) is 7.13. The van der Waals surface area contributed by atoms with Crippen LogP contribution < -0.4 is 5.32 Å². The van der Waals surface area contributed by atoms with Crippen LogP contribution in [0.4, 0.5) is 0 Å². The van der Waals surface area contributed by atoms with Crippen LogP contribution in [-0.2, 0) is 0 Å². The van der Waals surface area contributed by atoms with Crippen LogP contribution in [-0.4, -0.2) is 36.6 Å². The number of hydrogen-bond donors (Lipinski definition) is 1. The number of piperidine rings is 1. The van der Waals surface area contributed by atoms with E-state index in [1.54, 1.807) is 0 Å². The maximum atomic E-state index is 3.50. The zero-order valence-electron chi connectivity index (χ0n) is 10.9. The lowest BCUT2D eigenvalue weighted by Crippen LogP contribution is -2.43.